The lowest BCUT2D eigenvalue weighted by molar-refractivity contribution is -0.135. The van der Waals surface area contributed by atoms with Gasteiger partial charge in [-0.05, 0) is 18.9 Å². The lowest BCUT2D eigenvalue weighted by atomic mass is 9.82. The van der Waals surface area contributed by atoms with Crippen molar-refractivity contribution < 1.29 is 24.2 Å². The predicted octanol–water partition coefficient (Wildman–Crippen LogP) is 1.76. The molecule has 1 rings (SSSR count). The van der Waals surface area contributed by atoms with E-state index < -0.39 is 17.5 Å². The fourth-order valence-electron chi connectivity index (χ4n) is 2.40. The zero-order valence-electron chi connectivity index (χ0n) is 12.0. The summed E-state index contributed by atoms with van der Waals surface area (Å²) in [4.78, 5) is 22.4. The highest BCUT2D eigenvalue weighted by molar-refractivity contribution is 5.82. The van der Waals surface area contributed by atoms with Gasteiger partial charge in [-0.3, -0.25) is 0 Å². The fraction of sp³-hybridized carbons (Fsp3) is 0.600. The van der Waals surface area contributed by atoms with E-state index in [1.807, 2.05) is 0 Å². The quantitative estimate of drug-likeness (QED) is 0.483. The Labute approximate surface area is 119 Å². The molecule has 2 atom stereocenters. The van der Waals surface area contributed by atoms with Crippen LogP contribution in [0, 0.1) is 5.92 Å². The van der Waals surface area contributed by atoms with Crippen molar-refractivity contribution in [2.24, 2.45) is 5.92 Å². The van der Waals surface area contributed by atoms with Crippen molar-refractivity contribution in [2.45, 2.75) is 37.7 Å². The summed E-state index contributed by atoms with van der Waals surface area (Å²) in [5, 5.41) is 10.7. The number of rotatable bonds is 4. The molecule has 0 aromatic heterocycles. The van der Waals surface area contributed by atoms with Gasteiger partial charge in [0.05, 0.1) is 19.8 Å². The fourth-order valence-corrected chi connectivity index (χ4v) is 2.40. The van der Waals surface area contributed by atoms with Crippen molar-refractivity contribution in [1.82, 2.24) is 0 Å². The van der Waals surface area contributed by atoms with Crippen LogP contribution < -0.4 is 0 Å². The molecule has 5 nitrogen and oxygen atoms in total. The van der Waals surface area contributed by atoms with E-state index in [4.69, 9.17) is 0 Å². The molecule has 0 bridgehead atoms. The van der Waals surface area contributed by atoms with Gasteiger partial charge in [0.2, 0.25) is 0 Å². The summed E-state index contributed by atoms with van der Waals surface area (Å²) in [6, 6.07) is 0. The Bertz CT molecular complexity index is 399. The normalized spacial score (nSPS) is 27.4. The number of methoxy groups -OCH3 is 2. The van der Waals surface area contributed by atoms with Gasteiger partial charge in [0.15, 0.2) is 0 Å². The van der Waals surface area contributed by atoms with Crippen LogP contribution >= 0.6 is 0 Å². The Morgan fingerprint density at radius 2 is 1.75 bits per heavy atom. The topological polar surface area (TPSA) is 72.8 Å². The maximum absolute atomic E-state index is 11.2. The second-order valence-corrected chi connectivity index (χ2v) is 4.94. The summed E-state index contributed by atoms with van der Waals surface area (Å²) in [7, 11) is 2.60. The first-order valence-electron chi connectivity index (χ1n) is 6.77. The van der Waals surface area contributed by atoms with Crippen LogP contribution in [0.15, 0.2) is 24.3 Å². The number of hydrogen-bond acceptors (Lipinski definition) is 5. The average Bonchev–Trinajstić information content (AvgIpc) is 2.64. The largest absolute Gasteiger partial charge is 0.466 e. The highest BCUT2D eigenvalue weighted by Gasteiger charge is 2.34. The van der Waals surface area contributed by atoms with Gasteiger partial charge >= 0.3 is 11.9 Å². The number of hydrogen-bond donors (Lipinski definition) is 1. The first-order valence-corrected chi connectivity index (χ1v) is 6.77. The second-order valence-electron chi connectivity index (χ2n) is 4.94. The summed E-state index contributed by atoms with van der Waals surface area (Å²) in [5.41, 5.74) is -1.13. The van der Waals surface area contributed by atoms with Crippen molar-refractivity contribution in [3.05, 3.63) is 24.3 Å². The average molecular weight is 282 g/mol. The van der Waals surface area contributed by atoms with Gasteiger partial charge < -0.3 is 14.6 Å². The van der Waals surface area contributed by atoms with Crippen molar-refractivity contribution in [3.8, 4) is 0 Å². The van der Waals surface area contributed by atoms with E-state index in [-0.39, 0.29) is 5.92 Å². The summed E-state index contributed by atoms with van der Waals surface area (Å²) in [5.74, 6) is -1.17. The third kappa shape index (κ3) is 4.81. The Balaban J connectivity index is 2.89. The molecule has 1 aliphatic carbocycles. The van der Waals surface area contributed by atoms with Crippen LogP contribution in [0.3, 0.4) is 0 Å². The monoisotopic (exact) mass is 282 g/mol. The Hall–Kier alpha value is -1.62. The first-order chi connectivity index (χ1) is 9.51. The molecular formula is C15H22O5. The molecule has 1 aliphatic rings. The standard InChI is InChI=1S/C15H22O5/c1-19-13(16)8-7-12-6-4-3-5-10-15(12,18)11-9-14(17)20-2/h7-9,11-12,18H,3-6,10H2,1-2H3/b8-7+,11-9+/t12-,15+/m1/s1. The van der Waals surface area contributed by atoms with Crippen molar-refractivity contribution in [2.75, 3.05) is 14.2 Å². The molecule has 0 unspecified atom stereocenters. The molecule has 0 amide bonds. The van der Waals surface area contributed by atoms with Crippen LogP contribution in [0.5, 0.6) is 0 Å². The van der Waals surface area contributed by atoms with E-state index in [1.165, 1.54) is 32.4 Å². The summed E-state index contributed by atoms with van der Waals surface area (Å²) >= 11 is 0. The van der Waals surface area contributed by atoms with E-state index in [2.05, 4.69) is 9.47 Å². The van der Waals surface area contributed by atoms with Gasteiger partial charge in [-0.15, -0.1) is 0 Å². The first kappa shape index (κ1) is 16.4. The molecule has 0 radical (unpaired) electrons. The van der Waals surface area contributed by atoms with Crippen LogP contribution in [0.2, 0.25) is 0 Å². The summed E-state index contributed by atoms with van der Waals surface area (Å²) < 4.78 is 9.10. The SMILES string of the molecule is COC(=O)/C=C/[C@H]1CCCCC[C@]1(O)/C=C/C(=O)OC. The highest BCUT2D eigenvalue weighted by atomic mass is 16.5. The smallest absolute Gasteiger partial charge is 0.330 e. The third-order valence-corrected chi connectivity index (χ3v) is 3.61. The molecule has 0 aromatic carbocycles. The maximum Gasteiger partial charge on any atom is 0.330 e. The molecular weight excluding hydrogens is 260 g/mol. The second kappa shape index (κ2) is 7.85. The molecule has 0 aromatic rings. The van der Waals surface area contributed by atoms with Crippen LogP contribution in [0.25, 0.3) is 0 Å². The minimum atomic E-state index is -1.13. The zero-order chi connectivity index (χ0) is 15.0. The van der Waals surface area contributed by atoms with Gasteiger partial charge in [0, 0.05) is 18.1 Å². The van der Waals surface area contributed by atoms with E-state index in [1.54, 1.807) is 6.08 Å². The number of esters is 2. The molecule has 1 N–H and O–H groups in total. The Morgan fingerprint density at radius 1 is 1.10 bits per heavy atom. The molecule has 20 heavy (non-hydrogen) atoms. The lowest BCUT2D eigenvalue weighted by Gasteiger charge is -2.30. The third-order valence-electron chi connectivity index (χ3n) is 3.61. The number of aliphatic hydroxyl groups is 1. The lowest BCUT2D eigenvalue weighted by Crippen LogP contribution is -2.34. The van der Waals surface area contributed by atoms with E-state index in [0.29, 0.717) is 6.42 Å². The van der Waals surface area contributed by atoms with Crippen molar-refractivity contribution in [3.63, 3.8) is 0 Å². The summed E-state index contributed by atoms with van der Waals surface area (Å²) in [6.45, 7) is 0. The highest BCUT2D eigenvalue weighted by Crippen LogP contribution is 2.34. The van der Waals surface area contributed by atoms with Gasteiger partial charge in [0.25, 0.3) is 0 Å². The molecule has 0 saturated heterocycles. The van der Waals surface area contributed by atoms with Gasteiger partial charge in [-0.2, -0.15) is 0 Å². The predicted molar refractivity (Wildman–Crippen MR) is 73.8 cm³/mol. The number of carbonyl (C=O) groups is 2. The molecule has 0 spiro atoms. The van der Waals surface area contributed by atoms with Gasteiger partial charge in [-0.25, -0.2) is 9.59 Å². The van der Waals surface area contributed by atoms with Crippen LogP contribution in [-0.2, 0) is 19.1 Å². The molecule has 1 saturated carbocycles. The van der Waals surface area contributed by atoms with E-state index >= 15 is 0 Å². The molecule has 0 aliphatic heterocycles. The number of carbonyl (C=O) groups excluding carboxylic acids is 2. The van der Waals surface area contributed by atoms with Crippen LogP contribution in [-0.4, -0.2) is 36.9 Å². The van der Waals surface area contributed by atoms with E-state index in [9.17, 15) is 14.7 Å². The minimum Gasteiger partial charge on any atom is -0.466 e. The van der Waals surface area contributed by atoms with Gasteiger partial charge in [-0.1, -0.05) is 25.3 Å². The summed E-state index contributed by atoms with van der Waals surface area (Å²) in [6.07, 6.45) is 9.91. The van der Waals surface area contributed by atoms with Gasteiger partial charge in [0.1, 0.15) is 0 Å². The van der Waals surface area contributed by atoms with Crippen LogP contribution in [0.1, 0.15) is 32.1 Å². The molecule has 112 valence electrons. The maximum atomic E-state index is 11.2. The van der Waals surface area contributed by atoms with Crippen molar-refractivity contribution in [1.29, 1.82) is 0 Å². The number of ether oxygens (including phenoxy) is 2. The minimum absolute atomic E-state index is 0.218. The molecule has 0 heterocycles. The van der Waals surface area contributed by atoms with Crippen molar-refractivity contribution >= 4 is 11.9 Å². The Morgan fingerprint density at radius 3 is 2.40 bits per heavy atom. The van der Waals surface area contributed by atoms with E-state index in [0.717, 1.165) is 25.7 Å². The van der Waals surface area contributed by atoms with Crippen LogP contribution in [0.4, 0.5) is 0 Å². The zero-order valence-corrected chi connectivity index (χ0v) is 12.0. The Kier molecular flexibility index (Phi) is 6.45. The molecule has 5 heteroatoms. The molecule has 1 fully saturated rings.